The molecular weight excluding hydrogens is 580 g/mol. The third-order valence-electron chi connectivity index (χ3n) is 9.61. The summed E-state index contributed by atoms with van der Waals surface area (Å²) in [5.74, 6) is 1.59. The summed E-state index contributed by atoms with van der Waals surface area (Å²) in [6, 6.07) is 12.8. The van der Waals surface area contributed by atoms with Crippen molar-refractivity contribution in [3.63, 3.8) is 0 Å². The number of piperidine rings is 1. The maximum absolute atomic E-state index is 12.5. The fourth-order valence-electron chi connectivity index (χ4n) is 7.11. The first-order valence-electron chi connectivity index (χ1n) is 15.3. The van der Waals surface area contributed by atoms with Crippen LogP contribution in [0.5, 0.6) is 5.75 Å². The Morgan fingerprint density at radius 2 is 1.90 bits per heavy atom. The maximum atomic E-state index is 12.5. The highest BCUT2D eigenvalue weighted by molar-refractivity contribution is 9.10. The smallest absolute Gasteiger partial charge is 0.235 e. The van der Waals surface area contributed by atoms with Crippen molar-refractivity contribution in [1.29, 1.82) is 0 Å². The number of imide groups is 1. The molecule has 2 amide bonds. The first-order chi connectivity index (χ1) is 19.9. The van der Waals surface area contributed by atoms with Gasteiger partial charge in [0.25, 0.3) is 0 Å². The number of benzene rings is 2. The summed E-state index contributed by atoms with van der Waals surface area (Å²) in [6.45, 7) is 5.56. The molecule has 3 heterocycles. The Labute approximate surface area is 251 Å². The number of carbonyl (C=O) groups excluding carboxylic acids is 2. The van der Waals surface area contributed by atoms with Crippen molar-refractivity contribution in [2.45, 2.75) is 82.7 Å². The number of hydrogen-bond acceptors (Lipinski definition) is 5. The minimum absolute atomic E-state index is 0.191. The zero-order chi connectivity index (χ0) is 28.5. The largest absolute Gasteiger partial charge is 0.490 e. The highest BCUT2D eigenvalue weighted by Gasteiger charge is 2.32. The average molecular weight is 622 g/mol. The molecule has 41 heavy (non-hydrogen) atoms. The number of aromatic nitrogens is 2. The molecular formula is C33H41BrN4O3. The van der Waals surface area contributed by atoms with E-state index in [1.54, 1.807) is 0 Å². The molecule has 0 bridgehead atoms. The predicted octanol–water partition coefficient (Wildman–Crippen LogP) is 6.37. The lowest BCUT2D eigenvalue weighted by Gasteiger charge is -2.30. The molecule has 3 fully saturated rings. The molecule has 1 aromatic heterocycles. The number of fused-ring (bicyclic) bond motifs is 1. The first-order valence-corrected chi connectivity index (χ1v) is 16.1. The SMILES string of the molecule is Cc1c(Br)cccc1OC1CCC(CCCN2CC[C@H](c3ccc4c([C@H]5CCC(=O)NC5=O)nn(C)c4c3)C2)CC1. The Morgan fingerprint density at radius 3 is 2.71 bits per heavy atom. The van der Waals surface area contributed by atoms with Gasteiger partial charge in [0.15, 0.2) is 0 Å². The third-order valence-corrected chi connectivity index (χ3v) is 10.5. The number of carbonyl (C=O) groups is 2. The van der Waals surface area contributed by atoms with Crippen LogP contribution in [0.25, 0.3) is 10.9 Å². The van der Waals surface area contributed by atoms with Gasteiger partial charge < -0.3 is 9.64 Å². The number of likely N-dealkylation sites (tertiary alicyclic amines) is 1. The standard InChI is InChI=1S/C33H41BrN4O3/c1-21-28(34)6-3-7-30(21)41-25-11-8-22(9-12-25)5-4-17-38-18-16-24(20-38)23-10-13-26-29(19-23)37(2)36-32(26)27-14-15-31(39)35-33(27)40/h3,6-7,10,13,19,22,24-25,27H,4-5,8-9,11-12,14-18,20H2,1-2H3,(H,35,39,40)/t22?,24-,25?,27+/m0/s1. The summed E-state index contributed by atoms with van der Waals surface area (Å²) in [4.78, 5) is 26.7. The van der Waals surface area contributed by atoms with Crippen LogP contribution in [0.3, 0.4) is 0 Å². The number of halogens is 1. The van der Waals surface area contributed by atoms with E-state index in [0.717, 1.165) is 58.7 Å². The predicted molar refractivity (Wildman–Crippen MR) is 164 cm³/mol. The minimum Gasteiger partial charge on any atom is -0.490 e. The van der Waals surface area contributed by atoms with Gasteiger partial charge in [0.1, 0.15) is 5.75 Å². The molecule has 6 rings (SSSR count). The van der Waals surface area contributed by atoms with Crippen LogP contribution in [-0.4, -0.2) is 52.2 Å². The molecule has 3 aromatic rings. The van der Waals surface area contributed by atoms with Gasteiger partial charge in [-0.05, 0) is 107 Å². The fraction of sp³-hybridized carbons (Fsp3) is 0.545. The summed E-state index contributed by atoms with van der Waals surface area (Å²) >= 11 is 3.62. The van der Waals surface area contributed by atoms with Crippen molar-refractivity contribution in [3.05, 3.63) is 57.7 Å². The lowest BCUT2D eigenvalue weighted by Crippen LogP contribution is -2.39. The number of hydrogen-bond donors (Lipinski definition) is 1. The number of aryl methyl sites for hydroxylation is 1. The molecule has 1 saturated carbocycles. The lowest BCUT2D eigenvalue weighted by molar-refractivity contribution is -0.134. The first kappa shape index (κ1) is 28.4. The van der Waals surface area contributed by atoms with E-state index < -0.39 is 0 Å². The van der Waals surface area contributed by atoms with E-state index in [1.807, 2.05) is 11.7 Å². The van der Waals surface area contributed by atoms with Crippen molar-refractivity contribution in [2.24, 2.45) is 13.0 Å². The number of nitrogens with one attached hydrogen (secondary N) is 1. The van der Waals surface area contributed by atoms with Crippen LogP contribution in [0.2, 0.25) is 0 Å². The molecule has 2 aliphatic heterocycles. The Kier molecular flexibility index (Phi) is 8.50. The Bertz CT molecular complexity index is 1430. The zero-order valence-electron chi connectivity index (χ0n) is 24.2. The zero-order valence-corrected chi connectivity index (χ0v) is 25.8. The van der Waals surface area contributed by atoms with E-state index in [-0.39, 0.29) is 17.7 Å². The van der Waals surface area contributed by atoms with Gasteiger partial charge >= 0.3 is 0 Å². The van der Waals surface area contributed by atoms with Crippen LogP contribution >= 0.6 is 15.9 Å². The van der Waals surface area contributed by atoms with Crippen LogP contribution in [0.15, 0.2) is 40.9 Å². The number of nitrogens with zero attached hydrogens (tertiary/aromatic N) is 3. The van der Waals surface area contributed by atoms with E-state index in [1.165, 1.54) is 49.8 Å². The summed E-state index contributed by atoms with van der Waals surface area (Å²) in [7, 11) is 1.95. The number of amides is 2. The van der Waals surface area contributed by atoms with Crippen molar-refractivity contribution in [2.75, 3.05) is 19.6 Å². The van der Waals surface area contributed by atoms with E-state index in [2.05, 4.69) is 69.5 Å². The van der Waals surface area contributed by atoms with E-state index >= 15 is 0 Å². The molecule has 0 spiro atoms. The molecule has 7 nitrogen and oxygen atoms in total. The van der Waals surface area contributed by atoms with Crippen LogP contribution in [-0.2, 0) is 16.6 Å². The summed E-state index contributed by atoms with van der Waals surface area (Å²) in [5, 5.41) is 8.21. The molecule has 2 aromatic carbocycles. The van der Waals surface area contributed by atoms with Gasteiger partial charge in [0.2, 0.25) is 11.8 Å². The summed E-state index contributed by atoms with van der Waals surface area (Å²) < 4.78 is 9.36. The molecule has 2 atom stereocenters. The van der Waals surface area contributed by atoms with Gasteiger partial charge in [-0.2, -0.15) is 5.10 Å². The molecule has 8 heteroatoms. The van der Waals surface area contributed by atoms with Gasteiger partial charge in [-0.3, -0.25) is 19.6 Å². The fourth-order valence-corrected chi connectivity index (χ4v) is 7.46. The van der Waals surface area contributed by atoms with Gasteiger partial charge in [-0.25, -0.2) is 0 Å². The van der Waals surface area contributed by atoms with Crippen molar-refractivity contribution >= 4 is 38.6 Å². The summed E-state index contributed by atoms with van der Waals surface area (Å²) in [6.07, 6.45) is 9.85. The second-order valence-electron chi connectivity index (χ2n) is 12.3. The maximum Gasteiger partial charge on any atom is 0.235 e. The molecule has 3 aliphatic rings. The highest BCUT2D eigenvalue weighted by atomic mass is 79.9. The molecule has 0 radical (unpaired) electrons. The molecule has 218 valence electrons. The van der Waals surface area contributed by atoms with Gasteiger partial charge in [-0.1, -0.05) is 34.1 Å². The number of ether oxygens (including phenoxy) is 1. The lowest BCUT2D eigenvalue weighted by atomic mass is 9.84. The highest BCUT2D eigenvalue weighted by Crippen LogP contribution is 2.36. The molecule has 2 saturated heterocycles. The van der Waals surface area contributed by atoms with E-state index in [4.69, 9.17) is 9.84 Å². The Hall–Kier alpha value is -2.71. The Morgan fingerprint density at radius 1 is 1.07 bits per heavy atom. The van der Waals surface area contributed by atoms with Gasteiger partial charge in [-0.15, -0.1) is 0 Å². The van der Waals surface area contributed by atoms with Crippen LogP contribution in [0, 0.1) is 12.8 Å². The van der Waals surface area contributed by atoms with E-state index in [0.29, 0.717) is 24.9 Å². The molecule has 1 N–H and O–H groups in total. The van der Waals surface area contributed by atoms with Gasteiger partial charge in [0.05, 0.1) is 23.2 Å². The van der Waals surface area contributed by atoms with Crippen LogP contribution in [0.4, 0.5) is 0 Å². The third kappa shape index (κ3) is 6.24. The monoisotopic (exact) mass is 620 g/mol. The second kappa shape index (κ2) is 12.3. The van der Waals surface area contributed by atoms with Gasteiger partial charge in [0, 0.05) is 35.4 Å². The van der Waals surface area contributed by atoms with Crippen LogP contribution in [0.1, 0.15) is 86.4 Å². The van der Waals surface area contributed by atoms with Crippen molar-refractivity contribution < 1.29 is 14.3 Å². The quantitative estimate of drug-likeness (QED) is 0.296. The van der Waals surface area contributed by atoms with Crippen LogP contribution < -0.4 is 10.1 Å². The second-order valence-corrected chi connectivity index (χ2v) is 13.2. The van der Waals surface area contributed by atoms with E-state index in [9.17, 15) is 9.59 Å². The van der Waals surface area contributed by atoms with Crippen molar-refractivity contribution in [3.8, 4) is 5.75 Å². The number of rotatable bonds is 8. The average Bonchev–Trinajstić information content (AvgIpc) is 3.56. The Balaban J connectivity index is 0.973. The topological polar surface area (TPSA) is 76.5 Å². The normalized spacial score (nSPS) is 25.5. The summed E-state index contributed by atoms with van der Waals surface area (Å²) in [5.41, 5.74) is 4.40. The molecule has 0 unspecified atom stereocenters. The molecule has 1 aliphatic carbocycles. The van der Waals surface area contributed by atoms with Crippen molar-refractivity contribution in [1.82, 2.24) is 20.0 Å². The minimum atomic E-state index is -0.359.